The van der Waals surface area contributed by atoms with Gasteiger partial charge in [-0.1, -0.05) is 30.3 Å². The zero-order valence-electron chi connectivity index (χ0n) is 10.7. The predicted octanol–water partition coefficient (Wildman–Crippen LogP) is 2.99. The van der Waals surface area contributed by atoms with Crippen LogP contribution in [0.3, 0.4) is 0 Å². The highest BCUT2D eigenvalue weighted by Gasteiger charge is 2.10. The average Bonchev–Trinajstić information content (AvgIpc) is 2.53. The largest absolute Gasteiger partial charge is 0.456 e. The van der Waals surface area contributed by atoms with Crippen LogP contribution in [-0.4, -0.2) is 15.9 Å². The van der Waals surface area contributed by atoms with Crippen LogP contribution in [0.1, 0.15) is 16.1 Å². The van der Waals surface area contributed by atoms with Gasteiger partial charge in [0.2, 0.25) is 0 Å². The van der Waals surface area contributed by atoms with Crippen molar-refractivity contribution in [2.45, 2.75) is 6.61 Å². The lowest BCUT2D eigenvalue weighted by Gasteiger charge is -2.05. The molecule has 0 aliphatic heterocycles. The van der Waals surface area contributed by atoms with Gasteiger partial charge in [-0.2, -0.15) is 0 Å². The Balaban J connectivity index is 1.75. The quantitative estimate of drug-likeness (QED) is 0.682. The second-order valence-corrected chi connectivity index (χ2v) is 4.31. The molecule has 2 aromatic heterocycles. The van der Waals surface area contributed by atoms with Crippen LogP contribution >= 0.6 is 0 Å². The third-order valence-electron chi connectivity index (χ3n) is 2.89. The highest BCUT2D eigenvalue weighted by molar-refractivity contribution is 5.90. The second kappa shape index (κ2) is 5.48. The highest BCUT2D eigenvalue weighted by atomic mass is 16.5. The lowest BCUT2D eigenvalue weighted by Crippen LogP contribution is -2.07. The Kier molecular flexibility index (Phi) is 3.37. The van der Waals surface area contributed by atoms with Gasteiger partial charge in [-0.15, -0.1) is 0 Å². The van der Waals surface area contributed by atoms with Crippen molar-refractivity contribution in [1.82, 2.24) is 9.97 Å². The minimum Gasteiger partial charge on any atom is -0.456 e. The van der Waals surface area contributed by atoms with Crippen LogP contribution < -0.4 is 0 Å². The lowest BCUT2D eigenvalue weighted by atomic mass is 10.2. The summed E-state index contributed by atoms with van der Waals surface area (Å²) in [4.78, 5) is 20.3. The van der Waals surface area contributed by atoms with Crippen molar-refractivity contribution in [2.24, 2.45) is 0 Å². The van der Waals surface area contributed by atoms with Crippen molar-refractivity contribution in [3.8, 4) is 0 Å². The summed E-state index contributed by atoms with van der Waals surface area (Å²) in [6.45, 7) is 0.238. The van der Waals surface area contributed by atoms with E-state index in [-0.39, 0.29) is 12.3 Å². The Morgan fingerprint density at radius 2 is 1.85 bits per heavy atom. The Hall–Kier alpha value is -2.75. The molecule has 0 atom stereocenters. The summed E-state index contributed by atoms with van der Waals surface area (Å²) < 4.78 is 5.23. The molecule has 0 N–H and O–H groups in total. The van der Waals surface area contributed by atoms with E-state index in [1.165, 1.54) is 0 Å². The van der Waals surface area contributed by atoms with E-state index >= 15 is 0 Å². The topological polar surface area (TPSA) is 52.1 Å². The molecule has 0 spiro atoms. The molecule has 0 unspecified atom stereocenters. The van der Waals surface area contributed by atoms with Gasteiger partial charge in [-0.25, -0.2) is 14.8 Å². The summed E-state index contributed by atoms with van der Waals surface area (Å²) in [6, 6.07) is 16.7. The third-order valence-corrected chi connectivity index (χ3v) is 2.89. The van der Waals surface area contributed by atoms with E-state index in [1.807, 2.05) is 48.5 Å². The number of carbonyl (C=O) groups excluding carboxylic acids is 1. The number of rotatable bonds is 3. The Bertz CT molecular complexity index is 742. The zero-order chi connectivity index (χ0) is 13.8. The molecule has 98 valence electrons. The van der Waals surface area contributed by atoms with Crippen molar-refractivity contribution in [2.75, 3.05) is 0 Å². The van der Waals surface area contributed by atoms with Crippen LogP contribution in [-0.2, 0) is 11.3 Å². The molecule has 0 saturated carbocycles. The maximum atomic E-state index is 11.9. The molecule has 0 saturated heterocycles. The summed E-state index contributed by atoms with van der Waals surface area (Å²) in [5.41, 5.74) is 1.76. The van der Waals surface area contributed by atoms with Gasteiger partial charge in [0, 0.05) is 11.6 Å². The summed E-state index contributed by atoms with van der Waals surface area (Å²) in [5, 5.41) is 0.895. The van der Waals surface area contributed by atoms with Gasteiger partial charge in [-0.3, -0.25) is 0 Å². The van der Waals surface area contributed by atoms with E-state index in [9.17, 15) is 4.79 Å². The van der Waals surface area contributed by atoms with E-state index in [1.54, 1.807) is 12.3 Å². The standard InChI is InChI=1S/C16H12N2O2/c19-16(20-11-12-5-2-1-3-6-12)14-9-8-13-7-4-10-17-15(13)18-14/h1-10H,11H2. The first-order chi connectivity index (χ1) is 9.83. The van der Waals surface area contributed by atoms with Crippen molar-refractivity contribution in [3.05, 3.63) is 72.1 Å². The maximum absolute atomic E-state index is 11.9. The average molecular weight is 264 g/mol. The van der Waals surface area contributed by atoms with E-state index < -0.39 is 5.97 Å². The number of pyridine rings is 2. The van der Waals surface area contributed by atoms with E-state index in [2.05, 4.69) is 9.97 Å². The van der Waals surface area contributed by atoms with Gasteiger partial charge < -0.3 is 4.74 Å². The number of hydrogen-bond acceptors (Lipinski definition) is 4. The monoisotopic (exact) mass is 264 g/mol. The number of benzene rings is 1. The molecule has 4 heteroatoms. The van der Waals surface area contributed by atoms with Crippen molar-refractivity contribution in [1.29, 1.82) is 0 Å². The fourth-order valence-corrected chi connectivity index (χ4v) is 1.86. The fraction of sp³-hybridized carbons (Fsp3) is 0.0625. The van der Waals surface area contributed by atoms with Gasteiger partial charge in [0.1, 0.15) is 6.61 Å². The van der Waals surface area contributed by atoms with Gasteiger partial charge in [0.25, 0.3) is 0 Å². The van der Waals surface area contributed by atoms with Crippen LogP contribution in [0.15, 0.2) is 60.8 Å². The number of aromatic nitrogens is 2. The molecule has 20 heavy (non-hydrogen) atoms. The molecule has 4 nitrogen and oxygen atoms in total. The summed E-state index contributed by atoms with van der Waals surface area (Å²) >= 11 is 0. The Labute approximate surface area is 116 Å². The summed E-state index contributed by atoms with van der Waals surface area (Å²) in [5.74, 6) is -0.443. The molecular weight excluding hydrogens is 252 g/mol. The van der Waals surface area contributed by atoms with Gasteiger partial charge >= 0.3 is 5.97 Å². The Morgan fingerprint density at radius 1 is 1.00 bits per heavy atom. The molecular formula is C16H12N2O2. The van der Waals surface area contributed by atoms with Gasteiger partial charge in [-0.05, 0) is 29.8 Å². The molecule has 0 radical (unpaired) electrons. The summed E-state index contributed by atoms with van der Waals surface area (Å²) in [7, 11) is 0. The molecule has 0 bridgehead atoms. The van der Waals surface area contributed by atoms with Crippen molar-refractivity contribution >= 4 is 17.0 Å². The highest BCUT2D eigenvalue weighted by Crippen LogP contribution is 2.11. The van der Waals surface area contributed by atoms with Crippen LogP contribution in [0.4, 0.5) is 0 Å². The summed E-state index contributed by atoms with van der Waals surface area (Å²) in [6.07, 6.45) is 1.65. The molecule has 2 heterocycles. The van der Waals surface area contributed by atoms with E-state index in [4.69, 9.17) is 4.74 Å². The number of carbonyl (C=O) groups is 1. The van der Waals surface area contributed by atoms with E-state index in [0.717, 1.165) is 10.9 Å². The molecule has 1 aromatic carbocycles. The zero-order valence-corrected chi connectivity index (χ0v) is 10.7. The van der Waals surface area contributed by atoms with Crippen molar-refractivity contribution in [3.63, 3.8) is 0 Å². The molecule has 0 aliphatic carbocycles. The van der Waals surface area contributed by atoms with Gasteiger partial charge in [0.05, 0.1) is 0 Å². The molecule has 3 rings (SSSR count). The maximum Gasteiger partial charge on any atom is 0.357 e. The minimum atomic E-state index is -0.443. The third kappa shape index (κ3) is 2.64. The minimum absolute atomic E-state index is 0.238. The van der Waals surface area contributed by atoms with Crippen LogP contribution in [0.25, 0.3) is 11.0 Å². The second-order valence-electron chi connectivity index (χ2n) is 4.31. The normalized spacial score (nSPS) is 10.4. The molecule has 0 fully saturated rings. The fourth-order valence-electron chi connectivity index (χ4n) is 1.86. The first-order valence-corrected chi connectivity index (χ1v) is 6.26. The van der Waals surface area contributed by atoms with Gasteiger partial charge in [0.15, 0.2) is 11.3 Å². The lowest BCUT2D eigenvalue weighted by molar-refractivity contribution is 0.0466. The first kappa shape index (κ1) is 12.3. The number of fused-ring (bicyclic) bond motifs is 1. The number of hydrogen-bond donors (Lipinski definition) is 0. The van der Waals surface area contributed by atoms with Crippen LogP contribution in [0, 0.1) is 0 Å². The molecule has 0 aliphatic rings. The van der Waals surface area contributed by atoms with Crippen LogP contribution in [0.5, 0.6) is 0 Å². The number of ether oxygens (including phenoxy) is 1. The SMILES string of the molecule is O=C(OCc1ccccc1)c1ccc2cccnc2n1. The number of esters is 1. The Morgan fingerprint density at radius 3 is 2.70 bits per heavy atom. The van der Waals surface area contributed by atoms with E-state index in [0.29, 0.717) is 5.65 Å². The number of nitrogens with zero attached hydrogens (tertiary/aromatic N) is 2. The van der Waals surface area contributed by atoms with Crippen molar-refractivity contribution < 1.29 is 9.53 Å². The molecule has 0 amide bonds. The van der Waals surface area contributed by atoms with Crippen LogP contribution in [0.2, 0.25) is 0 Å². The molecule has 3 aromatic rings. The first-order valence-electron chi connectivity index (χ1n) is 6.26. The smallest absolute Gasteiger partial charge is 0.357 e. The predicted molar refractivity (Wildman–Crippen MR) is 75.1 cm³/mol.